The zero-order chi connectivity index (χ0) is 4.41. The fraction of sp³-hybridized carbons (Fsp3) is 0.750. The summed E-state index contributed by atoms with van der Waals surface area (Å²) in [6.07, 6.45) is 2.67. The molecule has 0 saturated carbocycles. The molecule has 0 radical (unpaired) electrons. The average Bonchev–Trinajstić information content (AvgIpc) is 1.31. The Labute approximate surface area is 37.3 Å². The Kier molecular flexibility index (Phi) is 0.783. The zero-order valence-corrected chi connectivity index (χ0v) is 3.65. The highest BCUT2D eigenvalue weighted by Crippen LogP contribution is 1.99. The first-order valence-corrected chi connectivity index (χ1v) is 2.18. The molecule has 1 fully saturated rings. The minimum atomic E-state index is 1.10. The van der Waals surface area contributed by atoms with Crippen LogP contribution in [0.1, 0.15) is 6.42 Å². The minimum absolute atomic E-state index is 1.10. The Morgan fingerprint density at radius 2 is 2.17 bits per heavy atom. The van der Waals surface area contributed by atoms with Crippen LogP contribution in [0.5, 0.6) is 0 Å². The predicted molar refractivity (Wildman–Crippen MR) is 25.0 cm³/mol. The molecule has 1 saturated heterocycles. The van der Waals surface area contributed by atoms with Crippen LogP contribution in [0, 0.1) is 5.41 Å². The Bertz CT molecular complexity index is 56.6. The molecule has 6 heavy (non-hydrogen) atoms. The van der Waals surface area contributed by atoms with Gasteiger partial charge in [-0.15, -0.1) is 0 Å². The van der Waals surface area contributed by atoms with Crippen LogP contribution in [0.2, 0.25) is 0 Å². The van der Waals surface area contributed by atoms with E-state index in [0.29, 0.717) is 0 Å². The van der Waals surface area contributed by atoms with Crippen molar-refractivity contribution in [2.24, 2.45) is 0 Å². The van der Waals surface area contributed by atoms with Crippen LogP contribution < -0.4 is 0 Å². The van der Waals surface area contributed by atoms with E-state index in [-0.39, 0.29) is 0 Å². The van der Waals surface area contributed by atoms with Crippen molar-refractivity contribution in [1.29, 1.82) is 5.41 Å². The molecule has 0 atom stereocenters. The minimum Gasteiger partial charge on any atom is -0.363 e. The van der Waals surface area contributed by atoms with Crippen molar-refractivity contribution in [1.82, 2.24) is 4.90 Å². The van der Waals surface area contributed by atoms with Gasteiger partial charge in [-0.05, 0) is 6.42 Å². The van der Waals surface area contributed by atoms with E-state index in [4.69, 9.17) is 5.41 Å². The molecule has 0 unspecified atom stereocenters. The van der Waals surface area contributed by atoms with Crippen LogP contribution in [-0.2, 0) is 0 Å². The molecule has 0 aromatic carbocycles. The Hall–Kier alpha value is -0.530. The van der Waals surface area contributed by atoms with Crippen molar-refractivity contribution in [2.45, 2.75) is 6.42 Å². The summed E-state index contributed by atoms with van der Waals surface area (Å²) < 4.78 is 0. The fourth-order valence-corrected chi connectivity index (χ4v) is 0.470. The number of nitrogens with one attached hydrogen (secondary N) is 1. The lowest BCUT2D eigenvalue weighted by Crippen LogP contribution is -2.35. The molecule has 0 aromatic rings. The summed E-state index contributed by atoms with van der Waals surface area (Å²) in [6, 6.07) is 0. The lowest BCUT2D eigenvalue weighted by molar-refractivity contribution is 0.308. The molecule has 2 nitrogen and oxygen atoms in total. The Morgan fingerprint density at radius 1 is 1.50 bits per heavy atom. The zero-order valence-electron chi connectivity index (χ0n) is 3.65. The second-order valence-electron chi connectivity index (χ2n) is 1.52. The molecule has 0 spiro atoms. The number of rotatable bonds is 1. The van der Waals surface area contributed by atoms with Crippen LogP contribution in [0.4, 0.5) is 0 Å². The van der Waals surface area contributed by atoms with Gasteiger partial charge in [0.25, 0.3) is 0 Å². The normalized spacial score (nSPS) is 19.7. The van der Waals surface area contributed by atoms with Gasteiger partial charge in [0.05, 0.1) is 6.34 Å². The molecule has 1 aliphatic heterocycles. The Balaban J connectivity index is 2.16. The molecular formula is C4H8N2. The van der Waals surface area contributed by atoms with Gasteiger partial charge in [-0.25, -0.2) is 0 Å². The third kappa shape index (κ3) is 0.379. The first-order chi connectivity index (χ1) is 2.93. The highest BCUT2D eigenvalue weighted by atomic mass is 15.2. The van der Waals surface area contributed by atoms with Gasteiger partial charge in [0.2, 0.25) is 0 Å². The SMILES string of the molecule is N=CN1CCC1. The van der Waals surface area contributed by atoms with Crippen molar-refractivity contribution >= 4 is 6.34 Å². The highest BCUT2D eigenvalue weighted by molar-refractivity contribution is 5.51. The summed E-state index contributed by atoms with van der Waals surface area (Å²) in [5, 5.41) is 6.66. The molecule has 0 aliphatic carbocycles. The summed E-state index contributed by atoms with van der Waals surface area (Å²) in [7, 11) is 0. The standard InChI is InChI=1S/C4H8N2/c5-4-6-2-1-3-6/h4-5H,1-3H2. The molecule has 0 aromatic heterocycles. The molecule has 1 N–H and O–H groups in total. The van der Waals surface area contributed by atoms with Gasteiger partial charge in [0.15, 0.2) is 0 Å². The molecule has 0 amide bonds. The molecule has 1 aliphatic rings. The highest BCUT2D eigenvalue weighted by Gasteiger charge is 2.06. The topological polar surface area (TPSA) is 27.1 Å². The number of hydrogen-bond acceptors (Lipinski definition) is 1. The number of nitrogens with zero attached hydrogens (tertiary/aromatic N) is 1. The first-order valence-electron chi connectivity index (χ1n) is 2.18. The van der Waals surface area contributed by atoms with Gasteiger partial charge < -0.3 is 4.90 Å². The second-order valence-corrected chi connectivity index (χ2v) is 1.52. The molecule has 2 heteroatoms. The van der Waals surface area contributed by atoms with Crippen molar-refractivity contribution in [3.05, 3.63) is 0 Å². The molecule has 0 bridgehead atoms. The number of hydrogen-bond donors (Lipinski definition) is 1. The number of likely N-dealkylation sites (tertiary alicyclic amines) is 1. The van der Waals surface area contributed by atoms with Gasteiger partial charge in [-0.2, -0.15) is 0 Å². The predicted octanol–water partition coefficient (Wildman–Crippen LogP) is 0.299. The largest absolute Gasteiger partial charge is 0.363 e. The maximum atomic E-state index is 6.66. The van der Waals surface area contributed by atoms with Gasteiger partial charge in [-0.1, -0.05) is 0 Å². The lowest BCUT2D eigenvalue weighted by Gasteiger charge is -2.27. The summed E-state index contributed by atoms with van der Waals surface area (Å²) in [4.78, 5) is 1.97. The smallest absolute Gasteiger partial charge is 0.0817 e. The fourth-order valence-electron chi connectivity index (χ4n) is 0.470. The van der Waals surface area contributed by atoms with E-state index in [9.17, 15) is 0 Å². The van der Waals surface area contributed by atoms with Crippen LogP contribution in [0.25, 0.3) is 0 Å². The maximum Gasteiger partial charge on any atom is 0.0817 e. The van der Waals surface area contributed by atoms with Crippen molar-refractivity contribution in [3.8, 4) is 0 Å². The molecule has 1 heterocycles. The van der Waals surface area contributed by atoms with Crippen LogP contribution in [-0.4, -0.2) is 24.3 Å². The Morgan fingerprint density at radius 3 is 2.17 bits per heavy atom. The van der Waals surface area contributed by atoms with E-state index in [1.54, 1.807) is 0 Å². The first kappa shape index (κ1) is 3.65. The molecule has 1 rings (SSSR count). The maximum absolute atomic E-state index is 6.66. The van der Waals surface area contributed by atoms with E-state index in [2.05, 4.69) is 0 Å². The van der Waals surface area contributed by atoms with Crippen LogP contribution in [0.15, 0.2) is 0 Å². The van der Waals surface area contributed by atoms with Crippen molar-refractivity contribution < 1.29 is 0 Å². The lowest BCUT2D eigenvalue weighted by atomic mass is 10.2. The van der Waals surface area contributed by atoms with E-state index < -0.39 is 0 Å². The second kappa shape index (κ2) is 1.29. The molecular weight excluding hydrogens is 76.1 g/mol. The van der Waals surface area contributed by atoms with Crippen LogP contribution in [0.3, 0.4) is 0 Å². The van der Waals surface area contributed by atoms with Crippen LogP contribution >= 0.6 is 0 Å². The van der Waals surface area contributed by atoms with Crippen molar-refractivity contribution in [2.75, 3.05) is 13.1 Å². The van der Waals surface area contributed by atoms with E-state index in [1.807, 2.05) is 4.90 Å². The van der Waals surface area contributed by atoms with Gasteiger partial charge >= 0.3 is 0 Å². The average molecular weight is 84.1 g/mol. The third-order valence-corrected chi connectivity index (χ3v) is 1.07. The summed E-state index contributed by atoms with van der Waals surface area (Å²) in [5.41, 5.74) is 0. The monoisotopic (exact) mass is 84.1 g/mol. The van der Waals surface area contributed by atoms with Gasteiger partial charge in [0, 0.05) is 13.1 Å². The summed E-state index contributed by atoms with van der Waals surface area (Å²) >= 11 is 0. The third-order valence-electron chi connectivity index (χ3n) is 1.07. The van der Waals surface area contributed by atoms with E-state index in [0.717, 1.165) is 13.1 Å². The quantitative estimate of drug-likeness (QED) is 0.359. The summed E-state index contributed by atoms with van der Waals surface area (Å²) in [6.45, 7) is 2.20. The van der Waals surface area contributed by atoms with Crippen molar-refractivity contribution in [3.63, 3.8) is 0 Å². The molecule has 34 valence electrons. The van der Waals surface area contributed by atoms with Gasteiger partial charge in [-0.3, -0.25) is 5.41 Å². The van der Waals surface area contributed by atoms with E-state index >= 15 is 0 Å². The van der Waals surface area contributed by atoms with E-state index in [1.165, 1.54) is 12.8 Å². The van der Waals surface area contributed by atoms with Gasteiger partial charge in [0.1, 0.15) is 0 Å². The summed E-state index contributed by atoms with van der Waals surface area (Å²) in [5.74, 6) is 0.